The minimum Gasteiger partial charge on any atom is -0.310 e. The monoisotopic (exact) mass is 301 g/mol. The molecule has 1 fully saturated rings. The van der Waals surface area contributed by atoms with Crippen LogP contribution in [0.15, 0.2) is 24.3 Å². The average molecular weight is 302 g/mol. The van der Waals surface area contributed by atoms with Gasteiger partial charge in [0.15, 0.2) is 9.84 Å². The van der Waals surface area contributed by atoms with Crippen molar-refractivity contribution in [2.75, 3.05) is 18.1 Å². The molecule has 1 saturated heterocycles. The summed E-state index contributed by atoms with van der Waals surface area (Å²) in [5.41, 5.74) is 1.07. The maximum Gasteiger partial charge on any atom is 0.150 e. The van der Waals surface area contributed by atoms with E-state index in [0.29, 0.717) is 11.5 Å². The van der Waals surface area contributed by atoms with Crippen molar-refractivity contribution in [2.45, 2.75) is 25.8 Å². The van der Waals surface area contributed by atoms with Crippen LogP contribution >= 0.6 is 11.6 Å². The van der Waals surface area contributed by atoms with E-state index in [-0.39, 0.29) is 12.0 Å². The molecule has 5 heteroatoms. The number of rotatable bonds is 5. The normalized spacial score (nSPS) is 23.4. The van der Waals surface area contributed by atoms with Gasteiger partial charge in [0.2, 0.25) is 0 Å². The number of benzene rings is 1. The Morgan fingerprint density at radius 3 is 2.74 bits per heavy atom. The first-order valence-corrected chi connectivity index (χ1v) is 8.90. The number of sulfone groups is 1. The molecular formula is C14H20ClNO2S. The number of hydrogen-bond acceptors (Lipinski definition) is 3. The highest BCUT2D eigenvalue weighted by Gasteiger charge is 2.30. The molecule has 0 spiro atoms. The van der Waals surface area contributed by atoms with Gasteiger partial charge in [0, 0.05) is 11.1 Å². The summed E-state index contributed by atoms with van der Waals surface area (Å²) in [5.74, 6) is 0.892. The van der Waals surface area contributed by atoms with Crippen LogP contribution < -0.4 is 5.32 Å². The van der Waals surface area contributed by atoms with Crippen LogP contribution in [0.4, 0.5) is 0 Å². The topological polar surface area (TPSA) is 46.2 Å². The molecule has 0 aliphatic carbocycles. The van der Waals surface area contributed by atoms with Gasteiger partial charge in [-0.3, -0.25) is 0 Å². The molecule has 0 amide bonds. The molecule has 1 heterocycles. The van der Waals surface area contributed by atoms with Crippen molar-refractivity contribution in [3.8, 4) is 0 Å². The lowest BCUT2D eigenvalue weighted by molar-refractivity contribution is 0.422. The fraction of sp³-hybridized carbons (Fsp3) is 0.571. The molecule has 0 saturated carbocycles. The summed E-state index contributed by atoms with van der Waals surface area (Å²) in [5, 5.41) is 4.16. The largest absolute Gasteiger partial charge is 0.310 e. The Morgan fingerprint density at radius 2 is 2.16 bits per heavy atom. The van der Waals surface area contributed by atoms with E-state index in [1.807, 2.05) is 24.3 Å². The summed E-state index contributed by atoms with van der Waals surface area (Å²) in [7, 11) is -2.81. The second-order valence-electron chi connectivity index (χ2n) is 5.14. The molecule has 0 radical (unpaired) electrons. The van der Waals surface area contributed by atoms with Crippen LogP contribution in [0.25, 0.3) is 0 Å². The molecule has 1 aromatic rings. The number of hydrogen-bond donors (Lipinski definition) is 1. The van der Waals surface area contributed by atoms with E-state index in [9.17, 15) is 8.42 Å². The van der Waals surface area contributed by atoms with Crippen LogP contribution in [0.1, 0.15) is 31.4 Å². The first-order valence-electron chi connectivity index (χ1n) is 6.70. The second-order valence-corrected chi connectivity index (χ2v) is 7.77. The van der Waals surface area contributed by atoms with Gasteiger partial charge in [0.1, 0.15) is 0 Å². The Morgan fingerprint density at radius 1 is 1.42 bits per heavy atom. The third kappa shape index (κ3) is 3.94. The van der Waals surface area contributed by atoms with Gasteiger partial charge in [-0.25, -0.2) is 8.42 Å². The summed E-state index contributed by atoms with van der Waals surface area (Å²) in [4.78, 5) is 0. The van der Waals surface area contributed by atoms with E-state index in [2.05, 4.69) is 12.2 Å². The van der Waals surface area contributed by atoms with Gasteiger partial charge in [-0.2, -0.15) is 0 Å². The predicted octanol–water partition coefficient (Wildman–Crippen LogP) is 2.82. The summed E-state index contributed by atoms with van der Waals surface area (Å²) < 4.78 is 23.1. The molecule has 0 bridgehead atoms. The van der Waals surface area contributed by atoms with Crippen LogP contribution in [-0.2, 0) is 9.84 Å². The van der Waals surface area contributed by atoms with E-state index < -0.39 is 9.84 Å². The maximum absolute atomic E-state index is 11.5. The molecule has 1 aromatic carbocycles. The van der Waals surface area contributed by atoms with Gasteiger partial charge in [-0.1, -0.05) is 36.7 Å². The highest BCUT2D eigenvalue weighted by Crippen LogP contribution is 2.31. The summed E-state index contributed by atoms with van der Waals surface area (Å²) >= 11 is 6.24. The molecule has 1 N–H and O–H groups in total. The smallest absolute Gasteiger partial charge is 0.150 e. The molecule has 2 atom stereocenters. The third-order valence-electron chi connectivity index (χ3n) is 3.63. The summed E-state index contributed by atoms with van der Waals surface area (Å²) in [6.07, 6.45) is 1.60. The van der Waals surface area contributed by atoms with Gasteiger partial charge < -0.3 is 5.32 Å². The zero-order valence-corrected chi connectivity index (χ0v) is 12.7. The standard InChI is InChI=1S/C14H20ClNO2S/c1-2-16-14(12-5-3-4-6-13(12)15)9-11-7-8-19(17,18)10-11/h3-6,11,14,16H,2,7-10H2,1H3. The third-order valence-corrected chi connectivity index (χ3v) is 5.81. The molecule has 2 unspecified atom stereocenters. The zero-order valence-electron chi connectivity index (χ0n) is 11.1. The fourth-order valence-corrected chi connectivity index (χ4v) is 4.86. The first kappa shape index (κ1) is 14.8. The van der Waals surface area contributed by atoms with Crippen molar-refractivity contribution >= 4 is 21.4 Å². The minimum atomic E-state index is -2.81. The van der Waals surface area contributed by atoms with E-state index in [4.69, 9.17) is 11.6 Å². The Kier molecular flexibility index (Phi) is 4.87. The molecule has 2 rings (SSSR count). The quantitative estimate of drug-likeness (QED) is 0.909. The average Bonchev–Trinajstić information content (AvgIpc) is 2.69. The first-order chi connectivity index (χ1) is 9.02. The lowest BCUT2D eigenvalue weighted by Gasteiger charge is -2.22. The summed E-state index contributed by atoms with van der Waals surface area (Å²) in [6.45, 7) is 2.89. The Balaban J connectivity index is 2.11. The molecule has 1 aliphatic heterocycles. The van der Waals surface area contributed by atoms with Gasteiger partial charge in [0.05, 0.1) is 11.5 Å². The Hall–Kier alpha value is -0.580. The molecule has 19 heavy (non-hydrogen) atoms. The molecule has 0 aromatic heterocycles. The lowest BCUT2D eigenvalue weighted by Crippen LogP contribution is -2.24. The van der Waals surface area contributed by atoms with E-state index >= 15 is 0 Å². The van der Waals surface area contributed by atoms with E-state index in [1.165, 1.54) is 0 Å². The van der Waals surface area contributed by atoms with Crippen molar-refractivity contribution in [1.29, 1.82) is 0 Å². The summed E-state index contributed by atoms with van der Waals surface area (Å²) in [6, 6.07) is 7.91. The van der Waals surface area contributed by atoms with Crippen molar-refractivity contribution < 1.29 is 8.42 Å². The van der Waals surface area contributed by atoms with Crippen LogP contribution in [0.3, 0.4) is 0 Å². The molecule has 1 aliphatic rings. The van der Waals surface area contributed by atoms with Crippen LogP contribution in [0, 0.1) is 5.92 Å². The van der Waals surface area contributed by atoms with Gasteiger partial charge in [-0.05, 0) is 36.9 Å². The van der Waals surface area contributed by atoms with Gasteiger partial charge in [0.25, 0.3) is 0 Å². The Bertz CT molecular complexity index is 530. The number of halogens is 1. The number of nitrogens with one attached hydrogen (secondary N) is 1. The van der Waals surface area contributed by atoms with Crippen molar-refractivity contribution in [1.82, 2.24) is 5.32 Å². The van der Waals surface area contributed by atoms with Crippen molar-refractivity contribution in [3.05, 3.63) is 34.9 Å². The molecule has 3 nitrogen and oxygen atoms in total. The highest BCUT2D eigenvalue weighted by atomic mass is 35.5. The van der Waals surface area contributed by atoms with Crippen molar-refractivity contribution in [3.63, 3.8) is 0 Å². The highest BCUT2D eigenvalue weighted by molar-refractivity contribution is 7.91. The maximum atomic E-state index is 11.5. The predicted molar refractivity (Wildman–Crippen MR) is 79.2 cm³/mol. The van der Waals surface area contributed by atoms with Crippen molar-refractivity contribution in [2.24, 2.45) is 5.92 Å². The van der Waals surface area contributed by atoms with Gasteiger partial charge >= 0.3 is 0 Å². The minimum absolute atomic E-state index is 0.136. The van der Waals surface area contributed by atoms with Crippen LogP contribution in [0.2, 0.25) is 5.02 Å². The van der Waals surface area contributed by atoms with Crippen LogP contribution in [0.5, 0.6) is 0 Å². The van der Waals surface area contributed by atoms with E-state index in [1.54, 1.807) is 0 Å². The molecular weight excluding hydrogens is 282 g/mol. The SMILES string of the molecule is CCNC(CC1CCS(=O)(=O)C1)c1ccccc1Cl. The lowest BCUT2D eigenvalue weighted by atomic mass is 9.94. The van der Waals surface area contributed by atoms with E-state index in [0.717, 1.165) is 30.0 Å². The zero-order chi connectivity index (χ0) is 13.9. The second kappa shape index (κ2) is 6.25. The van der Waals surface area contributed by atoms with Crippen LogP contribution in [-0.4, -0.2) is 26.5 Å². The Labute approximate surface area is 120 Å². The molecule has 106 valence electrons. The van der Waals surface area contributed by atoms with Gasteiger partial charge in [-0.15, -0.1) is 0 Å². The fourth-order valence-electron chi connectivity index (χ4n) is 2.72.